The van der Waals surface area contributed by atoms with Crippen molar-refractivity contribution in [2.45, 2.75) is 13.0 Å². The Morgan fingerprint density at radius 1 is 1.17 bits per heavy atom. The maximum atomic E-state index is 11.9. The Morgan fingerprint density at radius 3 is 2.67 bits per heavy atom. The first-order chi connectivity index (χ1) is 11.6. The van der Waals surface area contributed by atoms with Crippen LogP contribution in [0.15, 0.2) is 18.2 Å². The Hall–Kier alpha value is -1.39. The molecule has 0 saturated carbocycles. The van der Waals surface area contributed by atoms with E-state index in [1.165, 1.54) is 0 Å². The summed E-state index contributed by atoms with van der Waals surface area (Å²) in [4.78, 5) is 2.22. The van der Waals surface area contributed by atoms with Crippen LogP contribution in [0.3, 0.4) is 0 Å². The quantitative estimate of drug-likeness (QED) is 0.726. The highest BCUT2D eigenvalue weighted by molar-refractivity contribution is 7.87. The molecule has 8 nitrogen and oxygen atoms in total. The maximum absolute atomic E-state index is 11.9. The van der Waals surface area contributed by atoms with E-state index in [1.807, 2.05) is 18.2 Å². The SMILES string of the molecule is CCNS(=O)(=O)NCC(c1ccc2c(c1)OCO2)N1CCOCC1. The summed E-state index contributed by atoms with van der Waals surface area (Å²) in [6.07, 6.45) is 0. The Kier molecular flexibility index (Phi) is 5.57. The normalized spacial score (nSPS) is 19.4. The fraction of sp³-hybridized carbons (Fsp3) is 0.600. The predicted octanol–water partition coefficient (Wildman–Crippen LogP) is 0.233. The molecule has 9 heteroatoms. The molecule has 2 N–H and O–H groups in total. The molecule has 0 aromatic heterocycles. The lowest BCUT2D eigenvalue weighted by atomic mass is 10.0. The molecular weight excluding hydrogens is 334 g/mol. The summed E-state index contributed by atoms with van der Waals surface area (Å²) in [6.45, 7) is 5.37. The van der Waals surface area contributed by atoms with E-state index in [-0.39, 0.29) is 19.4 Å². The average Bonchev–Trinajstić information content (AvgIpc) is 3.03. The second-order valence-electron chi connectivity index (χ2n) is 5.63. The van der Waals surface area contributed by atoms with Gasteiger partial charge in [-0.1, -0.05) is 13.0 Å². The molecule has 1 fully saturated rings. The van der Waals surface area contributed by atoms with Gasteiger partial charge in [0.1, 0.15) is 0 Å². The molecule has 1 aromatic carbocycles. The summed E-state index contributed by atoms with van der Waals surface area (Å²) in [5.41, 5.74) is 0.986. The molecule has 1 atom stereocenters. The molecule has 134 valence electrons. The largest absolute Gasteiger partial charge is 0.454 e. The van der Waals surface area contributed by atoms with Crippen molar-refractivity contribution in [2.24, 2.45) is 0 Å². The van der Waals surface area contributed by atoms with Crippen molar-refractivity contribution in [3.8, 4) is 11.5 Å². The molecule has 1 aromatic rings. The van der Waals surface area contributed by atoms with E-state index < -0.39 is 10.2 Å². The second kappa shape index (κ2) is 7.66. The third-order valence-corrected chi connectivity index (χ3v) is 5.28. The summed E-state index contributed by atoms with van der Waals surface area (Å²) >= 11 is 0. The van der Waals surface area contributed by atoms with Gasteiger partial charge in [-0.25, -0.2) is 9.44 Å². The molecule has 0 aliphatic carbocycles. The predicted molar refractivity (Wildman–Crippen MR) is 88.3 cm³/mol. The lowest BCUT2D eigenvalue weighted by Crippen LogP contribution is -2.45. The van der Waals surface area contributed by atoms with E-state index in [0.29, 0.717) is 31.3 Å². The zero-order valence-corrected chi connectivity index (χ0v) is 14.5. The molecule has 1 saturated heterocycles. The van der Waals surface area contributed by atoms with Crippen LogP contribution in [0.4, 0.5) is 0 Å². The van der Waals surface area contributed by atoms with Crippen LogP contribution in [-0.4, -0.2) is 59.5 Å². The maximum Gasteiger partial charge on any atom is 0.276 e. The van der Waals surface area contributed by atoms with Gasteiger partial charge in [0.15, 0.2) is 11.5 Å². The van der Waals surface area contributed by atoms with Gasteiger partial charge in [0.2, 0.25) is 6.79 Å². The van der Waals surface area contributed by atoms with Crippen molar-refractivity contribution in [1.29, 1.82) is 0 Å². The van der Waals surface area contributed by atoms with E-state index in [9.17, 15) is 8.42 Å². The molecule has 3 rings (SSSR count). The zero-order chi connectivity index (χ0) is 17.0. The van der Waals surface area contributed by atoms with Crippen LogP contribution in [0.1, 0.15) is 18.5 Å². The number of nitrogens with one attached hydrogen (secondary N) is 2. The summed E-state index contributed by atoms with van der Waals surface area (Å²) in [5, 5.41) is 0. The Labute approximate surface area is 142 Å². The average molecular weight is 357 g/mol. The number of fused-ring (bicyclic) bond motifs is 1. The van der Waals surface area contributed by atoms with Crippen LogP contribution < -0.4 is 18.9 Å². The number of rotatable bonds is 7. The van der Waals surface area contributed by atoms with Gasteiger partial charge >= 0.3 is 0 Å². The molecule has 0 amide bonds. The van der Waals surface area contributed by atoms with Crippen molar-refractivity contribution in [2.75, 3.05) is 46.2 Å². The van der Waals surface area contributed by atoms with Crippen LogP contribution in [0.5, 0.6) is 11.5 Å². The molecule has 0 bridgehead atoms. The van der Waals surface area contributed by atoms with E-state index in [4.69, 9.17) is 14.2 Å². The van der Waals surface area contributed by atoms with Gasteiger partial charge in [-0.3, -0.25) is 4.90 Å². The summed E-state index contributed by atoms with van der Waals surface area (Å²) in [7, 11) is -3.50. The zero-order valence-electron chi connectivity index (χ0n) is 13.7. The van der Waals surface area contributed by atoms with Crippen molar-refractivity contribution in [1.82, 2.24) is 14.3 Å². The first-order valence-corrected chi connectivity index (χ1v) is 9.53. The standard InChI is InChI=1S/C15H23N3O5S/c1-2-16-24(19,20)17-10-13(18-5-7-21-8-6-18)12-3-4-14-15(9-12)23-11-22-14/h3-4,9,13,16-17H,2,5-8,10-11H2,1H3. The minimum Gasteiger partial charge on any atom is -0.454 e. The Balaban J connectivity index is 1.79. The van der Waals surface area contributed by atoms with Crippen molar-refractivity contribution in [3.05, 3.63) is 23.8 Å². The first kappa shape index (κ1) is 17.4. The summed E-state index contributed by atoms with van der Waals surface area (Å²) in [5.74, 6) is 1.41. The number of hydrogen-bond donors (Lipinski definition) is 2. The first-order valence-electron chi connectivity index (χ1n) is 8.04. The molecule has 24 heavy (non-hydrogen) atoms. The highest BCUT2D eigenvalue weighted by Gasteiger charge is 2.26. The third kappa shape index (κ3) is 4.17. The smallest absolute Gasteiger partial charge is 0.276 e. The number of ether oxygens (including phenoxy) is 3. The van der Waals surface area contributed by atoms with E-state index in [0.717, 1.165) is 18.7 Å². The molecule has 0 spiro atoms. The number of morpholine rings is 1. The van der Waals surface area contributed by atoms with Gasteiger partial charge < -0.3 is 14.2 Å². The van der Waals surface area contributed by atoms with E-state index >= 15 is 0 Å². The monoisotopic (exact) mass is 357 g/mol. The molecule has 2 aliphatic heterocycles. The van der Waals surface area contributed by atoms with Crippen LogP contribution >= 0.6 is 0 Å². The van der Waals surface area contributed by atoms with Crippen molar-refractivity contribution >= 4 is 10.2 Å². The fourth-order valence-corrected chi connectivity index (χ4v) is 3.76. The van der Waals surface area contributed by atoms with Crippen molar-refractivity contribution < 1.29 is 22.6 Å². The minimum absolute atomic E-state index is 0.100. The molecule has 2 heterocycles. The summed E-state index contributed by atoms with van der Waals surface area (Å²) in [6, 6.07) is 5.64. The number of benzene rings is 1. The lowest BCUT2D eigenvalue weighted by Gasteiger charge is -2.34. The van der Waals surface area contributed by atoms with E-state index in [2.05, 4.69) is 14.3 Å². The Morgan fingerprint density at radius 2 is 1.92 bits per heavy atom. The van der Waals surface area contributed by atoms with Gasteiger partial charge in [0.05, 0.1) is 13.2 Å². The van der Waals surface area contributed by atoms with Crippen molar-refractivity contribution in [3.63, 3.8) is 0 Å². The Bertz CT molecular complexity index is 661. The van der Waals surface area contributed by atoms with Gasteiger partial charge in [-0.05, 0) is 17.7 Å². The van der Waals surface area contributed by atoms with E-state index in [1.54, 1.807) is 6.92 Å². The third-order valence-electron chi connectivity index (χ3n) is 4.07. The van der Waals surface area contributed by atoms with Crippen LogP contribution in [0.25, 0.3) is 0 Å². The minimum atomic E-state index is -3.50. The lowest BCUT2D eigenvalue weighted by molar-refractivity contribution is 0.0171. The van der Waals surface area contributed by atoms with Crippen LogP contribution in [-0.2, 0) is 14.9 Å². The van der Waals surface area contributed by atoms with Gasteiger partial charge in [0, 0.05) is 32.2 Å². The molecule has 2 aliphatic rings. The van der Waals surface area contributed by atoms with Gasteiger partial charge in [0.25, 0.3) is 10.2 Å². The molecule has 0 radical (unpaired) electrons. The van der Waals surface area contributed by atoms with Gasteiger partial charge in [-0.15, -0.1) is 0 Å². The highest BCUT2D eigenvalue weighted by atomic mass is 32.2. The summed E-state index contributed by atoms with van der Waals surface area (Å²) < 4.78 is 45.1. The second-order valence-corrected chi connectivity index (χ2v) is 7.21. The highest BCUT2D eigenvalue weighted by Crippen LogP contribution is 2.35. The van der Waals surface area contributed by atoms with Crippen LogP contribution in [0.2, 0.25) is 0 Å². The number of hydrogen-bond acceptors (Lipinski definition) is 6. The molecular formula is C15H23N3O5S. The number of nitrogens with zero attached hydrogens (tertiary/aromatic N) is 1. The topological polar surface area (TPSA) is 89.1 Å². The molecule has 1 unspecified atom stereocenters. The van der Waals surface area contributed by atoms with Gasteiger partial charge in [-0.2, -0.15) is 8.42 Å². The fourth-order valence-electron chi connectivity index (χ4n) is 2.90. The van der Waals surface area contributed by atoms with Crippen LogP contribution in [0, 0.1) is 0 Å².